The number of carbonyl (C=O) groups is 1. The van der Waals surface area contributed by atoms with E-state index in [4.69, 9.17) is 0 Å². The van der Waals surface area contributed by atoms with Crippen molar-refractivity contribution in [3.05, 3.63) is 29.3 Å². The second-order valence-electron chi connectivity index (χ2n) is 5.14. The Morgan fingerprint density at radius 3 is 2.88 bits per heavy atom. The monoisotopic (exact) mass is 230 g/mol. The van der Waals surface area contributed by atoms with Crippen molar-refractivity contribution in [1.29, 1.82) is 0 Å². The molecule has 1 aromatic rings. The largest absolute Gasteiger partial charge is 0.316 e. The van der Waals surface area contributed by atoms with Crippen LogP contribution >= 0.6 is 0 Å². The van der Waals surface area contributed by atoms with E-state index >= 15 is 0 Å². The minimum absolute atomic E-state index is 0.230. The third-order valence-corrected chi connectivity index (χ3v) is 3.88. The van der Waals surface area contributed by atoms with E-state index in [0.29, 0.717) is 6.42 Å². The molecule has 0 unspecified atom stereocenters. The maximum absolute atomic E-state index is 11.6. The second kappa shape index (κ2) is 4.15. The fourth-order valence-corrected chi connectivity index (χ4v) is 2.66. The summed E-state index contributed by atoms with van der Waals surface area (Å²) in [6.45, 7) is 2.30. The maximum Gasteiger partial charge on any atom is 0.227 e. The number of fused-ring (bicyclic) bond motifs is 1. The zero-order valence-corrected chi connectivity index (χ0v) is 10.2. The van der Waals surface area contributed by atoms with Gasteiger partial charge in [0.25, 0.3) is 0 Å². The lowest BCUT2D eigenvalue weighted by atomic mass is 9.91. The summed E-state index contributed by atoms with van der Waals surface area (Å²) >= 11 is 0. The van der Waals surface area contributed by atoms with Gasteiger partial charge in [0.05, 0.1) is 0 Å². The standard InChI is InChI=1S/C14H18N2O/c1-16-13-4-2-10(6-11-8-15-9-11)7-12(13)3-5-14(16)17/h2,4,7,11,15H,3,5-6,8-9H2,1H3. The highest BCUT2D eigenvalue weighted by atomic mass is 16.2. The Bertz CT molecular complexity index is 452. The van der Waals surface area contributed by atoms with Crippen LogP contribution in [0.5, 0.6) is 0 Å². The molecule has 0 spiro atoms. The molecule has 2 aliphatic heterocycles. The van der Waals surface area contributed by atoms with Crippen LogP contribution in [0.4, 0.5) is 5.69 Å². The average molecular weight is 230 g/mol. The van der Waals surface area contributed by atoms with Crippen molar-refractivity contribution in [3.63, 3.8) is 0 Å². The molecule has 1 aromatic carbocycles. The molecule has 0 radical (unpaired) electrons. The van der Waals surface area contributed by atoms with Gasteiger partial charge >= 0.3 is 0 Å². The summed E-state index contributed by atoms with van der Waals surface area (Å²) in [6, 6.07) is 6.57. The van der Waals surface area contributed by atoms with Crippen molar-refractivity contribution in [2.75, 3.05) is 25.0 Å². The van der Waals surface area contributed by atoms with Crippen LogP contribution in [0.25, 0.3) is 0 Å². The molecule has 17 heavy (non-hydrogen) atoms. The van der Waals surface area contributed by atoms with Crippen LogP contribution in [0.2, 0.25) is 0 Å². The number of benzene rings is 1. The van der Waals surface area contributed by atoms with Crippen molar-refractivity contribution in [3.8, 4) is 0 Å². The Balaban J connectivity index is 1.83. The molecule has 2 heterocycles. The Morgan fingerprint density at radius 1 is 1.35 bits per heavy atom. The predicted molar refractivity (Wildman–Crippen MR) is 68.2 cm³/mol. The first-order valence-corrected chi connectivity index (χ1v) is 6.33. The Hall–Kier alpha value is -1.35. The molecule has 1 fully saturated rings. The molecule has 1 saturated heterocycles. The van der Waals surface area contributed by atoms with Gasteiger partial charge in [0.2, 0.25) is 5.91 Å². The van der Waals surface area contributed by atoms with Crippen molar-refractivity contribution in [1.82, 2.24) is 5.32 Å². The fraction of sp³-hybridized carbons (Fsp3) is 0.500. The Kier molecular flexibility index (Phi) is 2.63. The van der Waals surface area contributed by atoms with E-state index in [1.165, 1.54) is 11.1 Å². The lowest BCUT2D eigenvalue weighted by Crippen LogP contribution is -2.43. The smallest absolute Gasteiger partial charge is 0.227 e. The molecule has 3 heteroatoms. The first-order valence-electron chi connectivity index (χ1n) is 6.33. The summed E-state index contributed by atoms with van der Waals surface area (Å²) in [5.74, 6) is 1.03. The van der Waals surface area contributed by atoms with E-state index in [-0.39, 0.29) is 5.91 Å². The number of rotatable bonds is 2. The molecule has 0 bridgehead atoms. The van der Waals surface area contributed by atoms with Crippen LogP contribution < -0.4 is 10.2 Å². The fourth-order valence-electron chi connectivity index (χ4n) is 2.66. The minimum Gasteiger partial charge on any atom is -0.316 e. The van der Waals surface area contributed by atoms with E-state index in [2.05, 4.69) is 23.5 Å². The third-order valence-electron chi connectivity index (χ3n) is 3.88. The molecule has 1 N–H and O–H groups in total. The number of nitrogens with zero attached hydrogens (tertiary/aromatic N) is 1. The minimum atomic E-state index is 0.230. The number of amides is 1. The van der Waals surface area contributed by atoms with E-state index in [1.807, 2.05) is 7.05 Å². The van der Waals surface area contributed by atoms with E-state index in [1.54, 1.807) is 4.90 Å². The number of nitrogens with one attached hydrogen (secondary N) is 1. The first kappa shape index (κ1) is 10.8. The van der Waals surface area contributed by atoms with E-state index in [0.717, 1.165) is 37.5 Å². The van der Waals surface area contributed by atoms with E-state index < -0.39 is 0 Å². The summed E-state index contributed by atoms with van der Waals surface area (Å²) in [4.78, 5) is 13.4. The molecule has 0 atom stereocenters. The first-order chi connectivity index (χ1) is 8.24. The lowest BCUT2D eigenvalue weighted by molar-refractivity contribution is -0.118. The van der Waals surface area contributed by atoms with Crippen LogP contribution in [0, 0.1) is 5.92 Å². The highest BCUT2D eigenvalue weighted by Crippen LogP contribution is 2.28. The maximum atomic E-state index is 11.6. The van der Waals surface area contributed by atoms with Gasteiger partial charge in [-0.2, -0.15) is 0 Å². The number of aryl methyl sites for hydroxylation is 1. The highest BCUT2D eigenvalue weighted by Gasteiger charge is 2.22. The quantitative estimate of drug-likeness (QED) is 0.832. The molecular formula is C14H18N2O. The van der Waals surface area contributed by atoms with Crippen LogP contribution in [0.1, 0.15) is 17.5 Å². The van der Waals surface area contributed by atoms with E-state index in [9.17, 15) is 4.79 Å². The van der Waals surface area contributed by atoms with Gasteiger partial charge < -0.3 is 10.2 Å². The average Bonchev–Trinajstić information content (AvgIpc) is 2.29. The van der Waals surface area contributed by atoms with Gasteiger partial charge in [0, 0.05) is 19.2 Å². The van der Waals surface area contributed by atoms with Crippen molar-refractivity contribution in [2.24, 2.45) is 5.92 Å². The van der Waals surface area contributed by atoms with Gasteiger partial charge in [-0.15, -0.1) is 0 Å². The second-order valence-corrected chi connectivity index (χ2v) is 5.14. The summed E-state index contributed by atoms with van der Waals surface area (Å²) in [5.41, 5.74) is 3.84. The zero-order valence-electron chi connectivity index (χ0n) is 10.2. The third kappa shape index (κ3) is 1.95. The SMILES string of the molecule is CN1C(=O)CCc2cc(CC3CNC3)ccc21. The molecule has 2 aliphatic rings. The molecule has 0 aliphatic carbocycles. The van der Waals surface area contributed by atoms with Crippen LogP contribution in [-0.2, 0) is 17.6 Å². The Labute approximate surface area is 102 Å². The van der Waals surface area contributed by atoms with Gasteiger partial charge in [-0.1, -0.05) is 12.1 Å². The van der Waals surface area contributed by atoms with Crippen LogP contribution in [0.3, 0.4) is 0 Å². The molecule has 3 rings (SSSR count). The van der Waals surface area contributed by atoms with Crippen molar-refractivity contribution in [2.45, 2.75) is 19.3 Å². The zero-order chi connectivity index (χ0) is 11.8. The molecular weight excluding hydrogens is 212 g/mol. The van der Waals surface area contributed by atoms with Gasteiger partial charge in [-0.05, 0) is 49.0 Å². The number of hydrogen-bond acceptors (Lipinski definition) is 2. The predicted octanol–water partition coefficient (Wildman–Crippen LogP) is 1.36. The van der Waals surface area contributed by atoms with Gasteiger partial charge in [0.15, 0.2) is 0 Å². The van der Waals surface area contributed by atoms with Gasteiger partial charge in [-0.25, -0.2) is 0 Å². The number of carbonyl (C=O) groups excluding carboxylic acids is 1. The molecule has 1 amide bonds. The summed E-state index contributed by atoms with van der Waals surface area (Å²) in [6.07, 6.45) is 2.71. The van der Waals surface area contributed by atoms with Crippen molar-refractivity contribution >= 4 is 11.6 Å². The summed E-state index contributed by atoms with van der Waals surface area (Å²) < 4.78 is 0. The summed E-state index contributed by atoms with van der Waals surface area (Å²) in [7, 11) is 1.87. The highest BCUT2D eigenvalue weighted by molar-refractivity contribution is 5.95. The summed E-state index contributed by atoms with van der Waals surface area (Å²) in [5, 5.41) is 3.30. The Morgan fingerprint density at radius 2 is 2.18 bits per heavy atom. The van der Waals surface area contributed by atoms with Crippen LogP contribution in [-0.4, -0.2) is 26.0 Å². The normalized spacial score (nSPS) is 20.1. The van der Waals surface area contributed by atoms with Gasteiger partial charge in [-0.3, -0.25) is 4.79 Å². The molecule has 90 valence electrons. The molecule has 0 saturated carbocycles. The number of hydrogen-bond donors (Lipinski definition) is 1. The van der Waals surface area contributed by atoms with Gasteiger partial charge in [0.1, 0.15) is 0 Å². The lowest BCUT2D eigenvalue weighted by Gasteiger charge is -2.29. The number of anilines is 1. The van der Waals surface area contributed by atoms with Crippen LogP contribution in [0.15, 0.2) is 18.2 Å². The topological polar surface area (TPSA) is 32.3 Å². The molecule has 0 aromatic heterocycles. The molecule has 3 nitrogen and oxygen atoms in total. The van der Waals surface area contributed by atoms with Crippen molar-refractivity contribution < 1.29 is 4.79 Å².